The lowest BCUT2D eigenvalue weighted by atomic mass is 9.93. The molecule has 0 aliphatic rings. The molecule has 0 fully saturated rings. The number of carboxylic acids is 2. The van der Waals surface area contributed by atoms with Crippen LogP contribution in [-0.2, 0) is 35.3 Å². The van der Waals surface area contributed by atoms with E-state index in [0.717, 1.165) is 25.7 Å². The second-order valence-electron chi connectivity index (χ2n) is 15.6. The maximum absolute atomic E-state index is 10.1. The van der Waals surface area contributed by atoms with Crippen LogP contribution in [0.2, 0.25) is 0 Å². The zero-order chi connectivity index (χ0) is 44.0. The average Bonchev–Trinajstić information content (AvgIpc) is 3.24. The van der Waals surface area contributed by atoms with Gasteiger partial charge in [0.05, 0.1) is 37.5 Å². The summed E-state index contributed by atoms with van der Waals surface area (Å²) in [7, 11) is 0. The average molecular weight is 825 g/mol. The Kier molecular flexibility index (Phi) is 30.2. The molecule has 0 aromatic heterocycles. The van der Waals surface area contributed by atoms with Gasteiger partial charge in [0, 0.05) is 0 Å². The van der Waals surface area contributed by atoms with Gasteiger partial charge in [-0.2, -0.15) is 0 Å². The Morgan fingerprint density at radius 1 is 0.466 bits per heavy atom. The predicted molar refractivity (Wildman–Crippen MR) is 225 cm³/mol. The molecule has 14 nitrogen and oxygen atoms in total. The van der Waals surface area contributed by atoms with Crippen LogP contribution < -0.4 is 11.5 Å². The van der Waals surface area contributed by atoms with Gasteiger partial charge in [0.15, 0.2) is 12.2 Å². The molecule has 14 N–H and O–H groups in total. The minimum Gasteiger partial charge on any atom is -0.479 e. The molecule has 0 heterocycles. The van der Waals surface area contributed by atoms with Crippen LogP contribution >= 0.6 is 0 Å². The fourth-order valence-electron chi connectivity index (χ4n) is 5.83. The van der Waals surface area contributed by atoms with E-state index in [9.17, 15) is 30.0 Å². The lowest BCUT2D eigenvalue weighted by molar-refractivity contribution is -0.172. The van der Waals surface area contributed by atoms with Crippen molar-refractivity contribution in [3.8, 4) is 0 Å². The van der Waals surface area contributed by atoms with Crippen molar-refractivity contribution in [1.29, 1.82) is 0 Å². The number of nitrogens with two attached hydrogens (primary N) is 2. The van der Waals surface area contributed by atoms with Gasteiger partial charge in [-0.1, -0.05) is 127 Å². The van der Waals surface area contributed by atoms with Gasteiger partial charge in [0.1, 0.15) is 12.2 Å². The van der Waals surface area contributed by atoms with Gasteiger partial charge < -0.3 is 62.5 Å². The third-order valence-electron chi connectivity index (χ3n) is 10.3. The third-order valence-corrected chi connectivity index (χ3v) is 10.3. The first-order valence-electron chi connectivity index (χ1n) is 20.9. The van der Waals surface area contributed by atoms with Crippen molar-refractivity contribution >= 4 is 11.9 Å². The first kappa shape index (κ1) is 55.0. The molecule has 4 atom stereocenters. The van der Waals surface area contributed by atoms with Crippen LogP contribution in [0.25, 0.3) is 0 Å². The van der Waals surface area contributed by atoms with E-state index in [-0.39, 0.29) is 26.4 Å². The number of aliphatic hydroxyl groups is 8. The quantitative estimate of drug-likeness (QED) is 0.0526. The van der Waals surface area contributed by atoms with Crippen LogP contribution in [0.4, 0.5) is 0 Å². The van der Waals surface area contributed by atoms with Crippen LogP contribution in [0, 0.1) is 0 Å². The predicted octanol–water partition coefficient (Wildman–Crippen LogP) is 3.01. The normalized spacial score (nSPS) is 13.7. The summed E-state index contributed by atoms with van der Waals surface area (Å²) in [5.41, 5.74) is 15.3. The summed E-state index contributed by atoms with van der Waals surface area (Å²) < 4.78 is 0. The molecule has 0 bridgehead atoms. The lowest BCUT2D eigenvalue weighted by Gasteiger charge is -2.24. The van der Waals surface area contributed by atoms with Crippen molar-refractivity contribution in [2.45, 2.75) is 165 Å². The van der Waals surface area contributed by atoms with Crippen molar-refractivity contribution in [1.82, 2.24) is 0 Å². The lowest BCUT2D eigenvalue weighted by Crippen LogP contribution is -2.49. The molecule has 0 unspecified atom stereocenters. The second-order valence-corrected chi connectivity index (χ2v) is 15.6. The van der Waals surface area contributed by atoms with Crippen LogP contribution in [0.3, 0.4) is 0 Å². The summed E-state index contributed by atoms with van der Waals surface area (Å²) in [6.07, 6.45) is 11.7. The second kappa shape index (κ2) is 31.8. The minimum atomic E-state index is -2.36. The number of hydrogen-bond acceptors (Lipinski definition) is 12. The highest BCUT2D eigenvalue weighted by Crippen LogP contribution is 2.17. The molecule has 0 radical (unpaired) electrons. The largest absolute Gasteiger partial charge is 0.479 e. The zero-order valence-corrected chi connectivity index (χ0v) is 34.9. The highest BCUT2D eigenvalue weighted by atomic mass is 16.4. The fraction of sp³-hybridized carbons (Fsp3) is 0.682. The third kappa shape index (κ3) is 24.2. The Labute approximate surface area is 345 Å². The van der Waals surface area contributed by atoms with Gasteiger partial charge >= 0.3 is 11.9 Å². The van der Waals surface area contributed by atoms with Crippen molar-refractivity contribution in [2.24, 2.45) is 11.5 Å². The number of hydrogen-bond donors (Lipinski definition) is 12. The Bertz CT molecular complexity index is 1220. The van der Waals surface area contributed by atoms with Crippen LogP contribution in [-0.4, -0.2) is 125 Å². The maximum Gasteiger partial charge on any atom is 0.335 e. The molecule has 0 spiro atoms. The molecule has 0 saturated carbocycles. The summed E-state index contributed by atoms with van der Waals surface area (Å²) in [5, 5.41) is 88.2. The van der Waals surface area contributed by atoms with E-state index in [1.807, 2.05) is 0 Å². The number of aliphatic hydroxyl groups excluding tert-OH is 8. The zero-order valence-electron chi connectivity index (χ0n) is 34.9. The number of aliphatic carboxylic acids is 2. The molecule has 0 amide bonds. The summed E-state index contributed by atoms with van der Waals surface area (Å²) >= 11 is 0. The molecule has 14 heteroatoms. The number of carboxylic acid groups (broad SMARTS) is 2. The van der Waals surface area contributed by atoms with Crippen LogP contribution in [0.1, 0.15) is 126 Å². The monoisotopic (exact) mass is 825 g/mol. The SMILES string of the molecule is CCCCCCCCc1ccc(CCC(N)(CO)CO)cc1.CCCCCCCCc1ccc(CCC(N)(CO)CO)cc1.O=C(O)[C@@H](O)[C@H](O)[C@H](O)[C@@H](O)C(=O)O. The first-order valence-corrected chi connectivity index (χ1v) is 20.9. The van der Waals surface area contributed by atoms with Gasteiger partial charge in [-0.25, -0.2) is 9.59 Å². The number of benzene rings is 2. The van der Waals surface area contributed by atoms with Gasteiger partial charge in [-0.3, -0.25) is 0 Å². The van der Waals surface area contributed by atoms with Crippen molar-refractivity contribution in [2.75, 3.05) is 26.4 Å². The van der Waals surface area contributed by atoms with Crippen molar-refractivity contribution in [3.63, 3.8) is 0 Å². The molecule has 2 aromatic rings. The van der Waals surface area contributed by atoms with Gasteiger partial charge in [0.25, 0.3) is 0 Å². The maximum atomic E-state index is 10.1. The number of aryl methyl sites for hydroxylation is 4. The molecule has 2 aromatic carbocycles. The molecule has 2 rings (SSSR count). The van der Waals surface area contributed by atoms with E-state index >= 15 is 0 Å². The van der Waals surface area contributed by atoms with E-state index in [1.54, 1.807) is 0 Å². The molecule has 58 heavy (non-hydrogen) atoms. The molecule has 0 aliphatic carbocycles. The summed E-state index contributed by atoms with van der Waals surface area (Å²) in [5.74, 6) is -3.68. The number of carbonyl (C=O) groups is 2. The molecular formula is C44H76N2O12. The Hall–Kier alpha value is -3.02. The Morgan fingerprint density at radius 3 is 0.948 bits per heavy atom. The van der Waals surface area contributed by atoms with E-state index in [2.05, 4.69) is 62.4 Å². The smallest absolute Gasteiger partial charge is 0.335 e. The summed E-state index contributed by atoms with van der Waals surface area (Å²) in [4.78, 5) is 20.2. The fourth-order valence-corrected chi connectivity index (χ4v) is 5.83. The van der Waals surface area contributed by atoms with Crippen molar-refractivity contribution < 1.29 is 60.7 Å². The van der Waals surface area contributed by atoms with E-state index < -0.39 is 47.4 Å². The highest BCUT2D eigenvalue weighted by molar-refractivity contribution is 5.75. The summed E-state index contributed by atoms with van der Waals surface area (Å²) in [6, 6.07) is 17.3. The van der Waals surface area contributed by atoms with E-state index in [4.69, 9.17) is 42.1 Å². The van der Waals surface area contributed by atoms with Gasteiger partial charge in [0.2, 0.25) is 0 Å². The van der Waals surface area contributed by atoms with Gasteiger partial charge in [-0.15, -0.1) is 0 Å². The van der Waals surface area contributed by atoms with E-state index in [0.29, 0.717) is 12.8 Å². The van der Waals surface area contributed by atoms with Crippen molar-refractivity contribution in [3.05, 3.63) is 70.8 Å². The minimum absolute atomic E-state index is 0.181. The standard InChI is InChI=1S/2C19H33NO2.C6H10O8/c2*1-2-3-4-5-6-7-8-17-9-11-18(12-10-17)13-14-19(20,15-21)16-22;7-1(3(9)5(11)12)2(8)4(10)6(13)14/h2*9-12,21-22H,2-8,13-16,20H2,1H3;1-4,7-10H,(H,11,12)(H,13,14)/t;;1-,2+,3+,4-. The van der Waals surface area contributed by atoms with Gasteiger partial charge in [-0.05, 0) is 73.6 Å². The molecule has 0 aliphatic heterocycles. The molecule has 334 valence electrons. The highest BCUT2D eigenvalue weighted by Gasteiger charge is 2.37. The summed E-state index contributed by atoms with van der Waals surface area (Å²) in [6.45, 7) is 3.77. The number of rotatable bonds is 29. The van der Waals surface area contributed by atoms with E-state index in [1.165, 1.54) is 99.3 Å². The van der Waals surface area contributed by atoms with Crippen LogP contribution in [0.5, 0.6) is 0 Å². The topological polar surface area (TPSA) is 288 Å². The number of unbranched alkanes of at least 4 members (excludes halogenated alkanes) is 10. The molecular weight excluding hydrogens is 748 g/mol. The first-order chi connectivity index (χ1) is 27.5. The molecule has 0 saturated heterocycles. The van der Waals surface area contributed by atoms with Crippen LogP contribution in [0.15, 0.2) is 48.5 Å². The Balaban J connectivity index is 0.000000865. The Morgan fingerprint density at radius 2 is 0.707 bits per heavy atom.